The molecular weight excluding hydrogens is 570 g/mol. The summed E-state index contributed by atoms with van der Waals surface area (Å²) in [6.07, 6.45) is -9.41. The van der Waals surface area contributed by atoms with Crippen molar-refractivity contribution in [2.75, 3.05) is 19.1 Å². The summed E-state index contributed by atoms with van der Waals surface area (Å²) in [5, 5.41) is 2.93. The first kappa shape index (κ1) is 29.1. The molecule has 5 rings (SSSR count). The first-order chi connectivity index (χ1) is 19.7. The van der Waals surface area contributed by atoms with E-state index in [1.807, 2.05) is 0 Å². The lowest BCUT2D eigenvalue weighted by atomic mass is 9.71. The number of hydrogen-bond donors (Lipinski definition) is 1. The lowest BCUT2D eigenvalue weighted by Gasteiger charge is -2.36. The molecule has 13 heteroatoms. The molecule has 3 aromatic rings. The highest BCUT2D eigenvalue weighted by molar-refractivity contribution is 6.24. The Kier molecular flexibility index (Phi) is 7.04. The Morgan fingerprint density at radius 3 is 1.64 bits per heavy atom. The molecule has 220 valence electrons. The minimum Gasteiger partial charge on any atom is -0.497 e. The fraction of sp³-hybridized carbons (Fsp3) is 0.276. The van der Waals surface area contributed by atoms with Crippen molar-refractivity contribution in [3.8, 4) is 5.75 Å². The minimum absolute atomic E-state index is 0.0226. The second-order valence-corrected chi connectivity index (χ2v) is 9.82. The number of halogens is 6. The smallest absolute Gasteiger partial charge is 0.416 e. The normalized spacial score (nSPS) is 21.8. The summed E-state index contributed by atoms with van der Waals surface area (Å²) >= 11 is 0. The second kappa shape index (κ2) is 10.2. The zero-order valence-corrected chi connectivity index (χ0v) is 21.9. The molecule has 2 aliphatic heterocycles. The first-order valence-corrected chi connectivity index (χ1v) is 12.5. The number of hydrogen-bond acceptors (Lipinski definition) is 6. The van der Waals surface area contributed by atoms with E-state index in [2.05, 4.69) is 5.32 Å². The molecule has 0 spiro atoms. The van der Waals surface area contributed by atoms with Crippen LogP contribution < -0.4 is 15.0 Å². The number of amides is 2. The molecule has 42 heavy (non-hydrogen) atoms. The van der Waals surface area contributed by atoms with Gasteiger partial charge in [0.15, 0.2) is 0 Å². The molecule has 0 aliphatic carbocycles. The van der Waals surface area contributed by atoms with Crippen LogP contribution in [0, 0.1) is 11.8 Å². The Bertz CT molecular complexity index is 1460. The lowest BCUT2D eigenvalue weighted by Crippen LogP contribution is -2.52. The van der Waals surface area contributed by atoms with Gasteiger partial charge in [0.2, 0.25) is 11.8 Å². The summed E-state index contributed by atoms with van der Waals surface area (Å²) in [5.74, 6) is -4.98. The number of ether oxygens (including phenoxy) is 2. The van der Waals surface area contributed by atoms with Crippen molar-refractivity contribution >= 4 is 23.5 Å². The molecule has 7 nitrogen and oxygen atoms in total. The Hall–Kier alpha value is -4.39. The van der Waals surface area contributed by atoms with E-state index in [0.717, 1.165) is 60.5 Å². The number of methoxy groups -OCH3 is 2. The van der Waals surface area contributed by atoms with Crippen LogP contribution in [0.15, 0.2) is 72.8 Å². The van der Waals surface area contributed by atoms with Gasteiger partial charge in [-0.3, -0.25) is 19.7 Å². The summed E-state index contributed by atoms with van der Waals surface area (Å²) in [7, 11) is 2.47. The maximum atomic E-state index is 14.1. The van der Waals surface area contributed by atoms with Gasteiger partial charge in [0.05, 0.1) is 48.4 Å². The number of nitrogens with one attached hydrogen (secondary N) is 1. The van der Waals surface area contributed by atoms with Crippen LogP contribution in [0.4, 0.5) is 32.0 Å². The van der Waals surface area contributed by atoms with Crippen molar-refractivity contribution in [2.45, 2.75) is 23.9 Å². The Balaban J connectivity index is 1.74. The zero-order chi connectivity index (χ0) is 30.6. The molecule has 2 fully saturated rings. The number of carbonyl (C=O) groups excluding carboxylic acids is 3. The van der Waals surface area contributed by atoms with E-state index in [0.29, 0.717) is 5.75 Å². The number of carbonyl (C=O) groups is 3. The van der Waals surface area contributed by atoms with Crippen LogP contribution in [-0.4, -0.2) is 38.0 Å². The molecule has 1 N–H and O–H groups in total. The van der Waals surface area contributed by atoms with Crippen LogP contribution in [0.1, 0.15) is 22.3 Å². The topological polar surface area (TPSA) is 84.9 Å². The maximum absolute atomic E-state index is 14.1. The third-order valence-electron chi connectivity index (χ3n) is 7.68. The molecular formula is C29H22F6N2O5. The largest absolute Gasteiger partial charge is 0.497 e. The van der Waals surface area contributed by atoms with Gasteiger partial charge in [0.25, 0.3) is 0 Å². The van der Waals surface area contributed by atoms with Crippen LogP contribution in [0.2, 0.25) is 0 Å². The van der Waals surface area contributed by atoms with Gasteiger partial charge in [-0.2, -0.15) is 26.3 Å². The monoisotopic (exact) mass is 592 g/mol. The summed E-state index contributed by atoms with van der Waals surface area (Å²) in [6, 6.07) is 11.7. The molecule has 0 unspecified atom stereocenters. The van der Waals surface area contributed by atoms with E-state index in [1.165, 1.54) is 31.4 Å². The first-order valence-electron chi connectivity index (χ1n) is 12.5. The van der Waals surface area contributed by atoms with Crippen molar-refractivity contribution in [1.82, 2.24) is 5.32 Å². The van der Waals surface area contributed by atoms with Crippen molar-refractivity contribution in [2.24, 2.45) is 11.8 Å². The molecule has 3 aromatic carbocycles. The summed E-state index contributed by atoms with van der Waals surface area (Å²) < 4.78 is 90.5. The summed E-state index contributed by atoms with van der Waals surface area (Å²) in [5.41, 5.74) is -3.74. The predicted molar refractivity (Wildman–Crippen MR) is 135 cm³/mol. The third-order valence-corrected chi connectivity index (χ3v) is 7.68. The van der Waals surface area contributed by atoms with E-state index < -0.39 is 64.7 Å². The fourth-order valence-electron chi connectivity index (χ4n) is 5.76. The average Bonchev–Trinajstić information content (AvgIpc) is 3.46. The lowest BCUT2D eigenvalue weighted by molar-refractivity contribution is -0.145. The van der Waals surface area contributed by atoms with Gasteiger partial charge in [-0.25, -0.2) is 4.90 Å². The minimum atomic E-state index is -4.70. The summed E-state index contributed by atoms with van der Waals surface area (Å²) in [4.78, 5) is 41.8. The van der Waals surface area contributed by atoms with Crippen LogP contribution >= 0.6 is 0 Å². The van der Waals surface area contributed by atoms with Crippen molar-refractivity contribution in [1.29, 1.82) is 0 Å². The average molecular weight is 592 g/mol. The molecule has 0 radical (unpaired) electrons. The number of alkyl halides is 6. The van der Waals surface area contributed by atoms with Crippen molar-refractivity contribution in [3.63, 3.8) is 0 Å². The quantitative estimate of drug-likeness (QED) is 0.257. The molecule has 2 amide bonds. The standard InChI is InChI=1S/C29H22F6N2O5/c1-41-20-13-11-19(12-14-20)37-24(38)21-22(25(37)39)27(36-23(21)26(40)42-2,15-3-7-17(8-4-15)28(30,31)32)16-5-9-18(10-6-16)29(33,34)35/h3-14,21-23,36H,1-2H3/t21-,22+,23-/m1/s1. The number of imide groups is 1. The second-order valence-electron chi connectivity index (χ2n) is 9.82. The third kappa shape index (κ3) is 4.57. The highest BCUT2D eigenvalue weighted by atomic mass is 19.4. The number of rotatable bonds is 5. The Morgan fingerprint density at radius 1 is 0.762 bits per heavy atom. The van der Waals surface area contributed by atoms with E-state index in [-0.39, 0.29) is 16.8 Å². The van der Waals surface area contributed by atoms with Crippen LogP contribution in [0.25, 0.3) is 0 Å². The van der Waals surface area contributed by atoms with Gasteiger partial charge in [-0.1, -0.05) is 24.3 Å². The van der Waals surface area contributed by atoms with E-state index in [9.17, 15) is 40.7 Å². The van der Waals surface area contributed by atoms with Crippen LogP contribution in [0.5, 0.6) is 5.75 Å². The van der Waals surface area contributed by atoms with Gasteiger partial charge < -0.3 is 9.47 Å². The maximum Gasteiger partial charge on any atom is 0.416 e. The van der Waals surface area contributed by atoms with Crippen molar-refractivity contribution < 1.29 is 50.2 Å². The number of benzene rings is 3. The Labute approximate surface area is 235 Å². The number of nitrogens with zero attached hydrogens (tertiary/aromatic N) is 1. The van der Waals surface area contributed by atoms with Gasteiger partial charge in [-0.15, -0.1) is 0 Å². The molecule has 0 aromatic heterocycles. The van der Waals surface area contributed by atoms with Crippen molar-refractivity contribution in [3.05, 3.63) is 95.1 Å². The van der Waals surface area contributed by atoms with Gasteiger partial charge in [0.1, 0.15) is 11.8 Å². The van der Waals surface area contributed by atoms with Crippen LogP contribution in [0.3, 0.4) is 0 Å². The molecule has 0 bridgehead atoms. The molecule has 2 saturated heterocycles. The summed E-state index contributed by atoms with van der Waals surface area (Å²) in [6.45, 7) is 0. The highest BCUT2D eigenvalue weighted by Crippen LogP contribution is 2.53. The Morgan fingerprint density at radius 2 is 1.24 bits per heavy atom. The van der Waals surface area contributed by atoms with Gasteiger partial charge in [-0.05, 0) is 59.7 Å². The number of esters is 1. The fourth-order valence-corrected chi connectivity index (χ4v) is 5.76. The molecule has 3 atom stereocenters. The number of fused-ring (bicyclic) bond motifs is 1. The van der Waals surface area contributed by atoms with Gasteiger partial charge in [0, 0.05) is 0 Å². The highest BCUT2D eigenvalue weighted by Gasteiger charge is 2.68. The SMILES string of the molecule is COC(=O)[C@@H]1NC(c2ccc(C(F)(F)F)cc2)(c2ccc(C(F)(F)F)cc2)[C@@H]2C(=O)N(c3ccc(OC)cc3)C(=O)[C@H]21. The van der Waals surface area contributed by atoms with Crippen LogP contribution in [-0.2, 0) is 37.0 Å². The van der Waals surface area contributed by atoms with E-state index in [1.54, 1.807) is 0 Å². The van der Waals surface area contributed by atoms with E-state index in [4.69, 9.17) is 9.47 Å². The number of anilines is 1. The zero-order valence-electron chi connectivity index (χ0n) is 21.9. The molecule has 2 aliphatic rings. The molecule has 0 saturated carbocycles. The van der Waals surface area contributed by atoms with E-state index >= 15 is 0 Å². The predicted octanol–water partition coefficient (Wildman–Crippen LogP) is 4.93. The van der Waals surface area contributed by atoms with Gasteiger partial charge >= 0.3 is 18.3 Å². The molecule has 2 heterocycles.